The number of amides is 3. The number of hydrogen-bond donors (Lipinski definition) is 1. The van der Waals surface area contributed by atoms with Crippen molar-refractivity contribution in [2.24, 2.45) is 5.92 Å². The molecule has 122 valence electrons. The number of urea groups is 1. The van der Waals surface area contributed by atoms with E-state index in [1.807, 2.05) is 0 Å². The van der Waals surface area contributed by atoms with Crippen molar-refractivity contribution in [3.05, 3.63) is 35.4 Å². The van der Waals surface area contributed by atoms with Crippen LogP contribution >= 0.6 is 23.2 Å². The maximum absolute atomic E-state index is 11.9. The second-order valence-corrected chi connectivity index (χ2v) is 7.14. The first-order chi connectivity index (χ1) is 10.9. The predicted octanol–water partition coefficient (Wildman–Crippen LogP) is 2.09. The lowest BCUT2D eigenvalue weighted by molar-refractivity contribution is -0.125. The summed E-state index contributed by atoms with van der Waals surface area (Å²) in [7, 11) is 0. The van der Waals surface area contributed by atoms with Gasteiger partial charge in [-0.05, 0) is 24.1 Å². The molecule has 0 bridgehead atoms. The topological polar surface area (TPSA) is 75.7 Å². The molecule has 8 heteroatoms. The number of hydrogen-bond acceptors (Lipinski definition) is 4. The fourth-order valence-electron chi connectivity index (χ4n) is 2.25. The van der Waals surface area contributed by atoms with Gasteiger partial charge in [0.25, 0.3) is 0 Å². The van der Waals surface area contributed by atoms with E-state index in [1.165, 1.54) is 0 Å². The average Bonchev–Trinajstić information content (AvgIpc) is 3.03. The molecule has 2 aliphatic rings. The minimum Gasteiger partial charge on any atom is -0.462 e. The summed E-state index contributed by atoms with van der Waals surface area (Å²) >= 11 is 11.7. The fourth-order valence-corrected chi connectivity index (χ4v) is 2.75. The van der Waals surface area contributed by atoms with Gasteiger partial charge in [-0.1, -0.05) is 12.1 Å². The highest BCUT2D eigenvalue weighted by atomic mass is 35.5. The number of carbonyl (C=O) groups excluding carboxylic acids is 3. The number of nitrogens with zero attached hydrogens (tertiary/aromatic N) is 1. The summed E-state index contributed by atoms with van der Waals surface area (Å²) in [6.45, 7) is 0.381. The van der Waals surface area contributed by atoms with Crippen molar-refractivity contribution in [2.45, 2.75) is 17.3 Å². The summed E-state index contributed by atoms with van der Waals surface area (Å²) in [5, 5.41) is 2.45. The van der Waals surface area contributed by atoms with Gasteiger partial charge in [0.05, 0.1) is 25.3 Å². The Morgan fingerprint density at radius 1 is 1.30 bits per heavy atom. The monoisotopic (exact) mass is 356 g/mol. The van der Waals surface area contributed by atoms with E-state index in [1.54, 1.807) is 24.3 Å². The molecule has 3 amide bonds. The quantitative estimate of drug-likeness (QED) is 0.497. The third kappa shape index (κ3) is 3.59. The lowest BCUT2D eigenvalue weighted by Crippen LogP contribution is -2.30. The molecule has 1 aliphatic heterocycles. The average molecular weight is 357 g/mol. The van der Waals surface area contributed by atoms with E-state index >= 15 is 0 Å². The van der Waals surface area contributed by atoms with Crippen LogP contribution in [0.2, 0.25) is 0 Å². The number of rotatable bonds is 5. The molecule has 0 aromatic heterocycles. The molecular formula is C15H14Cl2N2O4. The Hall–Kier alpha value is -1.79. The zero-order valence-corrected chi connectivity index (χ0v) is 13.6. The van der Waals surface area contributed by atoms with Crippen LogP contribution in [0, 0.1) is 5.92 Å². The Balaban J connectivity index is 1.55. The molecule has 1 heterocycles. The molecule has 1 aromatic carbocycles. The first-order valence-corrected chi connectivity index (χ1v) is 7.84. The maximum Gasteiger partial charge on any atom is 0.338 e. The number of alkyl halides is 2. The predicted molar refractivity (Wildman–Crippen MR) is 83.2 cm³/mol. The Morgan fingerprint density at radius 3 is 2.48 bits per heavy atom. The normalized spacial score (nSPS) is 22.0. The molecule has 0 spiro atoms. The van der Waals surface area contributed by atoms with Crippen LogP contribution in [0.3, 0.4) is 0 Å². The van der Waals surface area contributed by atoms with Crippen molar-refractivity contribution < 1.29 is 19.1 Å². The molecule has 0 radical (unpaired) electrons. The highest BCUT2D eigenvalue weighted by Crippen LogP contribution is 2.53. The largest absolute Gasteiger partial charge is 0.462 e. The van der Waals surface area contributed by atoms with E-state index in [9.17, 15) is 14.4 Å². The minimum absolute atomic E-state index is 0.0197. The molecule has 1 atom stereocenters. The van der Waals surface area contributed by atoms with Crippen molar-refractivity contribution in [1.82, 2.24) is 10.2 Å². The number of carbonyl (C=O) groups is 3. The van der Waals surface area contributed by atoms with E-state index in [0.717, 1.165) is 10.5 Å². The molecule has 1 N–H and O–H groups in total. The molecule has 1 unspecified atom stereocenters. The van der Waals surface area contributed by atoms with Crippen LogP contribution in [0.5, 0.6) is 0 Å². The van der Waals surface area contributed by atoms with Crippen molar-refractivity contribution in [2.75, 3.05) is 13.2 Å². The molecule has 23 heavy (non-hydrogen) atoms. The van der Waals surface area contributed by atoms with Gasteiger partial charge in [-0.15, -0.1) is 23.2 Å². The molecule has 3 rings (SSSR count). The van der Waals surface area contributed by atoms with Gasteiger partial charge in [0.15, 0.2) is 0 Å². The molecule has 1 saturated heterocycles. The van der Waals surface area contributed by atoms with E-state index in [4.69, 9.17) is 27.9 Å². The standard InChI is InChI=1S/C15H14Cl2N2O4/c16-15(17)5-11(15)8-23-13(21)10-3-1-9(2-4-10)7-19-12(20)6-18-14(19)22/h1-4,11H,5-8H2,(H,18,22). The van der Waals surface area contributed by atoms with Crippen LogP contribution in [0.25, 0.3) is 0 Å². The van der Waals surface area contributed by atoms with Crippen LogP contribution in [-0.2, 0) is 16.1 Å². The van der Waals surface area contributed by atoms with Gasteiger partial charge in [-0.3, -0.25) is 9.69 Å². The van der Waals surface area contributed by atoms with Crippen LogP contribution < -0.4 is 5.32 Å². The molecule has 6 nitrogen and oxygen atoms in total. The van der Waals surface area contributed by atoms with Crippen molar-refractivity contribution in [3.8, 4) is 0 Å². The van der Waals surface area contributed by atoms with Gasteiger partial charge in [0, 0.05) is 5.92 Å². The summed E-state index contributed by atoms with van der Waals surface area (Å²) in [4.78, 5) is 36.0. The maximum atomic E-state index is 11.9. The lowest BCUT2D eigenvalue weighted by Gasteiger charge is -2.12. The second kappa shape index (κ2) is 6.02. The third-order valence-electron chi connectivity index (χ3n) is 3.84. The van der Waals surface area contributed by atoms with Crippen molar-refractivity contribution in [3.63, 3.8) is 0 Å². The Kier molecular flexibility index (Phi) is 4.21. The second-order valence-electron chi connectivity index (χ2n) is 5.60. The molecular weight excluding hydrogens is 343 g/mol. The first kappa shape index (κ1) is 16.1. The molecule has 1 aliphatic carbocycles. The smallest absolute Gasteiger partial charge is 0.338 e. The number of esters is 1. The van der Waals surface area contributed by atoms with Crippen LogP contribution in [0.1, 0.15) is 22.3 Å². The van der Waals surface area contributed by atoms with Crippen LogP contribution in [0.4, 0.5) is 4.79 Å². The summed E-state index contributed by atoms with van der Waals surface area (Å²) in [6.07, 6.45) is 0.619. The molecule has 1 aromatic rings. The van der Waals surface area contributed by atoms with Crippen LogP contribution in [-0.4, -0.2) is 40.3 Å². The summed E-state index contributed by atoms with van der Waals surface area (Å²) in [5.74, 6) is -0.745. The Labute approximate surface area is 142 Å². The van der Waals surface area contributed by atoms with E-state index in [0.29, 0.717) is 12.0 Å². The van der Waals surface area contributed by atoms with Crippen molar-refractivity contribution in [1.29, 1.82) is 0 Å². The van der Waals surface area contributed by atoms with Gasteiger partial charge < -0.3 is 10.1 Å². The Morgan fingerprint density at radius 2 is 1.96 bits per heavy atom. The van der Waals surface area contributed by atoms with Crippen molar-refractivity contribution >= 4 is 41.1 Å². The van der Waals surface area contributed by atoms with E-state index < -0.39 is 16.3 Å². The number of nitrogens with one attached hydrogen (secondary N) is 1. The van der Waals surface area contributed by atoms with E-state index in [-0.39, 0.29) is 31.5 Å². The zero-order valence-electron chi connectivity index (χ0n) is 12.1. The van der Waals surface area contributed by atoms with Gasteiger partial charge in [0.1, 0.15) is 4.33 Å². The van der Waals surface area contributed by atoms with E-state index in [2.05, 4.69) is 5.32 Å². The molecule has 2 fully saturated rings. The zero-order chi connectivity index (χ0) is 16.6. The highest BCUT2D eigenvalue weighted by Gasteiger charge is 2.52. The SMILES string of the molecule is O=C(OCC1CC1(Cl)Cl)c1ccc(CN2C(=O)CNC2=O)cc1. The van der Waals surface area contributed by atoms with Gasteiger partial charge >= 0.3 is 12.0 Å². The number of ether oxygens (including phenoxy) is 1. The number of benzene rings is 1. The minimum atomic E-state index is -0.771. The fraction of sp³-hybridized carbons (Fsp3) is 0.400. The third-order valence-corrected chi connectivity index (χ3v) is 4.76. The summed E-state index contributed by atoms with van der Waals surface area (Å²) in [5.41, 5.74) is 1.14. The number of imide groups is 1. The van der Waals surface area contributed by atoms with Crippen LogP contribution in [0.15, 0.2) is 24.3 Å². The van der Waals surface area contributed by atoms with Gasteiger partial charge in [-0.25, -0.2) is 9.59 Å². The first-order valence-electron chi connectivity index (χ1n) is 7.09. The Bertz CT molecular complexity index is 644. The number of halogens is 2. The summed E-state index contributed by atoms with van der Waals surface area (Å²) < 4.78 is 4.39. The molecule has 1 saturated carbocycles. The lowest BCUT2D eigenvalue weighted by atomic mass is 10.1. The highest BCUT2D eigenvalue weighted by molar-refractivity contribution is 6.50. The van der Waals surface area contributed by atoms with Gasteiger partial charge in [-0.2, -0.15) is 0 Å². The summed E-state index contributed by atoms with van der Waals surface area (Å²) in [6, 6.07) is 6.14. The van der Waals surface area contributed by atoms with Gasteiger partial charge in [0.2, 0.25) is 5.91 Å².